The van der Waals surface area contributed by atoms with E-state index in [-0.39, 0.29) is 12.5 Å². The van der Waals surface area contributed by atoms with Gasteiger partial charge in [-0.05, 0) is 50.2 Å². The summed E-state index contributed by atoms with van der Waals surface area (Å²) in [6.45, 7) is 5.48. The summed E-state index contributed by atoms with van der Waals surface area (Å²) in [6.07, 6.45) is -0.760. The number of nitrogens with zero attached hydrogens (tertiary/aromatic N) is 3. The zero-order valence-electron chi connectivity index (χ0n) is 18.2. The molecule has 2 N–H and O–H groups in total. The third-order valence-electron chi connectivity index (χ3n) is 5.63. The number of amides is 1. The highest BCUT2D eigenvalue weighted by molar-refractivity contribution is 6.30. The molecule has 1 amide bonds. The Bertz CT molecular complexity index is 1070. The third-order valence-corrected chi connectivity index (χ3v) is 5.89. The van der Waals surface area contributed by atoms with Crippen molar-refractivity contribution in [2.24, 2.45) is 0 Å². The number of carbonyl (C=O) groups excluding carboxylic acids is 1. The van der Waals surface area contributed by atoms with Crippen molar-refractivity contribution in [2.45, 2.75) is 26.0 Å². The molecule has 4 rings (SSSR count). The lowest BCUT2D eigenvalue weighted by Gasteiger charge is -2.36. The smallest absolute Gasteiger partial charge is 0.242 e. The quantitative estimate of drug-likeness (QED) is 0.573. The molecular weight excluding hydrogens is 428 g/mol. The van der Waals surface area contributed by atoms with E-state index in [1.165, 1.54) is 0 Å². The zero-order chi connectivity index (χ0) is 22.7. The van der Waals surface area contributed by atoms with Gasteiger partial charge in [0.05, 0.1) is 11.4 Å². The molecule has 1 aliphatic heterocycles. The number of ether oxygens (including phenoxy) is 1. The Hall–Kier alpha value is -2.87. The number of aromatic nitrogens is 2. The molecule has 0 spiro atoms. The van der Waals surface area contributed by atoms with Crippen LogP contribution in [0.25, 0.3) is 5.69 Å². The van der Waals surface area contributed by atoms with Crippen molar-refractivity contribution in [1.29, 1.82) is 0 Å². The van der Waals surface area contributed by atoms with Gasteiger partial charge in [0.2, 0.25) is 5.91 Å². The first-order valence-corrected chi connectivity index (χ1v) is 11.0. The van der Waals surface area contributed by atoms with Crippen LogP contribution in [-0.4, -0.2) is 58.0 Å². The van der Waals surface area contributed by atoms with E-state index in [1.807, 2.05) is 53.8 Å². The molecule has 0 radical (unpaired) electrons. The standard InChI is InChI=1S/C24H27ClN4O3/c1-16-22(17(2)29(27-16)19-6-4-3-5-7-19)23-24(31)26-12-13-28(23)14-20(30)15-32-21-10-8-18(25)9-11-21/h3-11,20,23,30H,12-15H2,1-2H3,(H,26,31)/t20-,23+/m1/s1. The molecule has 1 saturated heterocycles. The van der Waals surface area contributed by atoms with Crippen LogP contribution in [0.3, 0.4) is 0 Å². The Kier molecular flexibility index (Phi) is 6.79. The summed E-state index contributed by atoms with van der Waals surface area (Å²) in [5, 5.41) is 18.9. The van der Waals surface area contributed by atoms with Gasteiger partial charge in [-0.25, -0.2) is 4.68 Å². The molecule has 0 bridgehead atoms. The fourth-order valence-electron chi connectivity index (χ4n) is 4.14. The number of rotatable bonds is 7. The number of para-hydroxylation sites is 1. The molecule has 1 aliphatic rings. The van der Waals surface area contributed by atoms with Crippen LogP contribution in [-0.2, 0) is 4.79 Å². The highest BCUT2D eigenvalue weighted by Gasteiger charge is 2.36. The molecule has 2 atom stereocenters. The minimum absolute atomic E-state index is 0.0825. The SMILES string of the molecule is Cc1nn(-c2ccccc2)c(C)c1[C@H]1C(=O)NCCN1C[C@@H](O)COc1ccc(Cl)cc1. The Morgan fingerprint density at radius 2 is 1.91 bits per heavy atom. The topological polar surface area (TPSA) is 79.6 Å². The number of nitrogens with one attached hydrogen (secondary N) is 1. The highest BCUT2D eigenvalue weighted by atomic mass is 35.5. The Labute approximate surface area is 192 Å². The summed E-state index contributed by atoms with van der Waals surface area (Å²) in [6, 6.07) is 16.3. The first kappa shape index (κ1) is 22.3. The molecule has 0 aliphatic carbocycles. The van der Waals surface area contributed by atoms with Crippen LogP contribution in [0.5, 0.6) is 5.75 Å². The van der Waals surface area contributed by atoms with E-state index in [9.17, 15) is 9.90 Å². The second-order valence-corrected chi connectivity index (χ2v) is 8.38. The second kappa shape index (κ2) is 9.73. The normalized spacial score (nSPS) is 17.8. The summed E-state index contributed by atoms with van der Waals surface area (Å²) >= 11 is 5.90. The summed E-state index contributed by atoms with van der Waals surface area (Å²) in [4.78, 5) is 14.9. The maximum absolute atomic E-state index is 12.9. The van der Waals surface area contributed by atoms with Crippen LogP contribution in [0.15, 0.2) is 54.6 Å². The number of benzene rings is 2. The Morgan fingerprint density at radius 1 is 1.19 bits per heavy atom. The van der Waals surface area contributed by atoms with Crippen molar-refractivity contribution < 1.29 is 14.6 Å². The number of β-amino-alcohol motifs (C(OH)–C–C–N with tert-alkyl or cyclic N) is 1. The predicted octanol–water partition coefficient (Wildman–Crippen LogP) is 3.06. The number of carbonyl (C=O) groups is 1. The van der Waals surface area contributed by atoms with Gasteiger partial charge < -0.3 is 15.2 Å². The average molecular weight is 455 g/mol. The van der Waals surface area contributed by atoms with Crippen LogP contribution in [0.1, 0.15) is 23.0 Å². The lowest BCUT2D eigenvalue weighted by molar-refractivity contribution is -0.130. The number of aryl methyl sites for hydroxylation is 1. The van der Waals surface area contributed by atoms with Crippen molar-refractivity contribution >= 4 is 17.5 Å². The van der Waals surface area contributed by atoms with E-state index in [2.05, 4.69) is 5.32 Å². The van der Waals surface area contributed by atoms with Crippen LogP contribution in [0, 0.1) is 13.8 Å². The Balaban J connectivity index is 1.52. The number of hydrogen-bond acceptors (Lipinski definition) is 5. The van der Waals surface area contributed by atoms with E-state index >= 15 is 0 Å². The van der Waals surface area contributed by atoms with Crippen molar-refractivity contribution in [3.63, 3.8) is 0 Å². The van der Waals surface area contributed by atoms with Gasteiger partial charge in [-0.3, -0.25) is 9.69 Å². The number of halogens is 1. The molecule has 1 fully saturated rings. The van der Waals surface area contributed by atoms with Crippen LogP contribution < -0.4 is 10.1 Å². The number of aliphatic hydroxyl groups excluding tert-OH is 1. The minimum Gasteiger partial charge on any atom is -0.491 e. The van der Waals surface area contributed by atoms with Crippen LogP contribution in [0.4, 0.5) is 0 Å². The molecule has 0 unspecified atom stereocenters. The van der Waals surface area contributed by atoms with Gasteiger partial charge in [0.15, 0.2) is 0 Å². The first-order chi connectivity index (χ1) is 15.4. The van der Waals surface area contributed by atoms with Gasteiger partial charge in [-0.1, -0.05) is 29.8 Å². The Morgan fingerprint density at radius 3 is 2.62 bits per heavy atom. The van der Waals surface area contributed by atoms with Crippen LogP contribution in [0.2, 0.25) is 5.02 Å². The molecule has 32 heavy (non-hydrogen) atoms. The fraction of sp³-hybridized carbons (Fsp3) is 0.333. The van der Waals surface area contributed by atoms with Gasteiger partial charge in [0.25, 0.3) is 0 Å². The maximum Gasteiger partial charge on any atom is 0.242 e. The molecule has 2 heterocycles. The first-order valence-electron chi connectivity index (χ1n) is 10.6. The molecule has 8 heteroatoms. The monoisotopic (exact) mass is 454 g/mol. The molecule has 7 nitrogen and oxygen atoms in total. The maximum atomic E-state index is 12.9. The molecular formula is C24H27ClN4O3. The van der Waals surface area contributed by atoms with Crippen molar-refractivity contribution in [3.05, 3.63) is 76.6 Å². The molecule has 3 aromatic rings. The lowest BCUT2D eigenvalue weighted by Crippen LogP contribution is -2.52. The van der Waals surface area contributed by atoms with E-state index in [1.54, 1.807) is 24.3 Å². The van der Waals surface area contributed by atoms with E-state index in [0.717, 1.165) is 22.6 Å². The summed E-state index contributed by atoms with van der Waals surface area (Å²) in [5.74, 6) is 0.554. The second-order valence-electron chi connectivity index (χ2n) is 7.94. The van der Waals surface area contributed by atoms with Crippen molar-refractivity contribution in [1.82, 2.24) is 20.0 Å². The number of hydrogen-bond donors (Lipinski definition) is 2. The molecule has 2 aromatic carbocycles. The van der Waals surface area contributed by atoms with Gasteiger partial charge in [0.1, 0.15) is 24.5 Å². The minimum atomic E-state index is -0.760. The highest BCUT2D eigenvalue weighted by Crippen LogP contribution is 2.30. The van der Waals surface area contributed by atoms with Crippen molar-refractivity contribution in [2.75, 3.05) is 26.2 Å². The molecule has 0 saturated carbocycles. The predicted molar refractivity (Wildman–Crippen MR) is 123 cm³/mol. The molecule has 168 valence electrons. The number of piperazine rings is 1. The summed E-state index contributed by atoms with van der Waals surface area (Å²) in [5.41, 5.74) is 3.52. The zero-order valence-corrected chi connectivity index (χ0v) is 18.9. The summed E-state index contributed by atoms with van der Waals surface area (Å²) < 4.78 is 7.56. The van der Waals surface area contributed by atoms with Crippen LogP contribution >= 0.6 is 11.6 Å². The van der Waals surface area contributed by atoms with E-state index < -0.39 is 12.1 Å². The molecule has 1 aromatic heterocycles. The van der Waals surface area contributed by atoms with Gasteiger partial charge in [-0.15, -0.1) is 0 Å². The van der Waals surface area contributed by atoms with E-state index in [0.29, 0.717) is 30.4 Å². The summed E-state index contributed by atoms with van der Waals surface area (Å²) in [7, 11) is 0. The van der Waals surface area contributed by atoms with Crippen molar-refractivity contribution in [3.8, 4) is 11.4 Å². The van der Waals surface area contributed by atoms with E-state index in [4.69, 9.17) is 21.4 Å². The average Bonchev–Trinajstić information content (AvgIpc) is 3.08. The lowest BCUT2D eigenvalue weighted by atomic mass is 10.00. The van der Waals surface area contributed by atoms with Gasteiger partial charge >= 0.3 is 0 Å². The van der Waals surface area contributed by atoms with Gasteiger partial charge in [-0.2, -0.15) is 5.10 Å². The third kappa shape index (κ3) is 4.80. The fourth-order valence-corrected chi connectivity index (χ4v) is 4.27. The largest absolute Gasteiger partial charge is 0.491 e. The van der Waals surface area contributed by atoms with Gasteiger partial charge in [0, 0.05) is 35.9 Å². The number of aliphatic hydroxyl groups is 1.